The van der Waals surface area contributed by atoms with Gasteiger partial charge in [-0.1, -0.05) is 12.1 Å². The number of hydrogen-bond acceptors (Lipinski definition) is 6. The minimum atomic E-state index is -3.33. The Morgan fingerprint density at radius 1 is 1.26 bits per heavy atom. The molecule has 1 aromatic carbocycles. The maximum absolute atomic E-state index is 12.1. The Bertz CT molecular complexity index is 730. The van der Waals surface area contributed by atoms with Gasteiger partial charge in [0.1, 0.15) is 0 Å². The first-order valence-corrected chi connectivity index (χ1v) is 9.93. The minimum absolute atomic E-state index is 0.0349. The number of carboxylic acids is 1. The van der Waals surface area contributed by atoms with Crippen LogP contribution in [-0.2, 0) is 30.8 Å². The first-order valence-electron chi connectivity index (χ1n) is 8.32. The van der Waals surface area contributed by atoms with Gasteiger partial charge >= 0.3 is 0 Å². The van der Waals surface area contributed by atoms with Crippen molar-refractivity contribution in [1.82, 2.24) is 9.62 Å². The molecule has 1 heterocycles. The smallest absolute Gasteiger partial charge is 0.300 e. The van der Waals surface area contributed by atoms with Crippen LogP contribution in [0.25, 0.3) is 0 Å². The van der Waals surface area contributed by atoms with Crippen molar-refractivity contribution in [2.24, 2.45) is 5.92 Å². The van der Waals surface area contributed by atoms with E-state index in [4.69, 9.17) is 20.4 Å². The second-order valence-electron chi connectivity index (χ2n) is 6.47. The SMILES string of the molecule is CC(=O)O.CN(C)S(=O)(=O)C[C@@H]1COC[C@@H]1NC(=O)Cc1ccc(N)cc1. The van der Waals surface area contributed by atoms with Crippen LogP contribution in [0.1, 0.15) is 12.5 Å². The average Bonchev–Trinajstić information content (AvgIpc) is 2.95. The zero-order valence-corrected chi connectivity index (χ0v) is 16.5. The predicted molar refractivity (Wildman–Crippen MR) is 102 cm³/mol. The van der Waals surface area contributed by atoms with Crippen LogP contribution in [0.5, 0.6) is 0 Å². The fourth-order valence-electron chi connectivity index (χ4n) is 2.42. The molecule has 0 spiro atoms. The van der Waals surface area contributed by atoms with E-state index in [2.05, 4.69) is 5.32 Å². The summed E-state index contributed by atoms with van der Waals surface area (Å²) in [5.74, 6) is -1.26. The fraction of sp³-hybridized carbons (Fsp3) is 0.529. The lowest BCUT2D eigenvalue weighted by molar-refractivity contribution is -0.134. The molecule has 2 rings (SSSR count). The van der Waals surface area contributed by atoms with Gasteiger partial charge in [0, 0.05) is 32.6 Å². The summed E-state index contributed by atoms with van der Waals surface area (Å²) in [5.41, 5.74) is 7.11. The number of anilines is 1. The molecule has 10 heteroatoms. The predicted octanol–water partition coefficient (Wildman–Crippen LogP) is -0.0752. The van der Waals surface area contributed by atoms with Gasteiger partial charge in [-0.2, -0.15) is 0 Å². The number of amides is 1. The number of nitrogens with zero attached hydrogens (tertiary/aromatic N) is 1. The molecule has 0 bridgehead atoms. The van der Waals surface area contributed by atoms with Crippen molar-refractivity contribution < 1.29 is 27.9 Å². The molecule has 1 saturated heterocycles. The van der Waals surface area contributed by atoms with Crippen LogP contribution in [0, 0.1) is 5.92 Å². The number of carboxylic acid groups (broad SMARTS) is 1. The van der Waals surface area contributed by atoms with E-state index in [1.54, 1.807) is 24.3 Å². The Morgan fingerprint density at radius 2 is 1.81 bits per heavy atom. The van der Waals surface area contributed by atoms with Gasteiger partial charge in [0.05, 0.1) is 31.4 Å². The average molecular weight is 401 g/mol. The molecule has 0 radical (unpaired) electrons. The largest absolute Gasteiger partial charge is 0.481 e. The van der Waals surface area contributed by atoms with Gasteiger partial charge < -0.3 is 20.9 Å². The molecule has 152 valence electrons. The molecule has 0 aromatic heterocycles. The van der Waals surface area contributed by atoms with E-state index < -0.39 is 16.0 Å². The van der Waals surface area contributed by atoms with Gasteiger partial charge in [-0.05, 0) is 17.7 Å². The lowest BCUT2D eigenvalue weighted by Crippen LogP contribution is -2.44. The van der Waals surface area contributed by atoms with Crippen LogP contribution in [0.15, 0.2) is 24.3 Å². The van der Waals surface area contributed by atoms with Crippen LogP contribution in [0.4, 0.5) is 5.69 Å². The molecule has 1 amide bonds. The highest BCUT2D eigenvalue weighted by atomic mass is 32.2. The van der Waals surface area contributed by atoms with E-state index in [9.17, 15) is 13.2 Å². The standard InChI is InChI=1S/C15H23N3O4S.C2H4O2/c1-18(2)23(20,21)10-12-8-22-9-14(12)17-15(19)7-11-3-5-13(16)6-4-11;1-2(3)4/h3-6,12,14H,7-10,16H2,1-2H3,(H,17,19);1H3,(H,3,4)/t12-,14-;/m0./s1. The van der Waals surface area contributed by atoms with E-state index >= 15 is 0 Å². The van der Waals surface area contributed by atoms with Gasteiger partial charge in [0.25, 0.3) is 5.97 Å². The number of carbonyl (C=O) groups is 2. The normalized spacial score (nSPS) is 19.3. The van der Waals surface area contributed by atoms with Crippen molar-refractivity contribution in [3.8, 4) is 0 Å². The summed E-state index contributed by atoms with van der Waals surface area (Å²) >= 11 is 0. The number of ether oxygens (including phenoxy) is 1. The topological polar surface area (TPSA) is 139 Å². The minimum Gasteiger partial charge on any atom is -0.481 e. The second-order valence-corrected chi connectivity index (χ2v) is 8.70. The lowest BCUT2D eigenvalue weighted by atomic mass is 10.1. The van der Waals surface area contributed by atoms with E-state index in [0.29, 0.717) is 18.9 Å². The summed E-state index contributed by atoms with van der Waals surface area (Å²) in [6.45, 7) is 1.75. The molecule has 0 saturated carbocycles. The molecule has 27 heavy (non-hydrogen) atoms. The van der Waals surface area contributed by atoms with Crippen molar-refractivity contribution >= 4 is 27.6 Å². The third kappa shape index (κ3) is 8.37. The quantitative estimate of drug-likeness (QED) is 0.567. The summed E-state index contributed by atoms with van der Waals surface area (Å²) < 4.78 is 30.5. The van der Waals surface area contributed by atoms with Crippen LogP contribution < -0.4 is 11.1 Å². The van der Waals surface area contributed by atoms with Gasteiger partial charge in [-0.3, -0.25) is 9.59 Å². The molecule has 1 aromatic rings. The maximum atomic E-state index is 12.1. The van der Waals surface area contributed by atoms with E-state index in [1.807, 2.05) is 0 Å². The third-order valence-corrected chi connectivity index (χ3v) is 5.83. The molecule has 4 N–H and O–H groups in total. The van der Waals surface area contributed by atoms with Crippen molar-refractivity contribution in [3.63, 3.8) is 0 Å². The van der Waals surface area contributed by atoms with Gasteiger partial charge in [-0.15, -0.1) is 0 Å². The maximum Gasteiger partial charge on any atom is 0.300 e. The molecule has 9 nitrogen and oxygen atoms in total. The lowest BCUT2D eigenvalue weighted by Gasteiger charge is -2.21. The zero-order valence-electron chi connectivity index (χ0n) is 15.7. The monoisotopic (exact) mass is 401 g/mol. The third-order valence-electron chi connectivity index (χ3n) is 3.87. The number of aliphatic carboxylic acids is 1. The molecule has 1 aliphatic rings. The number of nitrogen functional groups attached to an aromatic ring is 1. The number of hydrogen-bond donors (Lipinski definition) is 3. The van der Waals surface area contributed by atoms with Gasteiger partial charge in [0.2, 0.25) is 15.9 Å². The van der Waals surface area contributed by atoms with Crippen molar-refractivity contribution in [3.05, 3.63) is 29.8 Å². The zero-order chi connectivity index (χ0) is 20.6. The first-order chi connectivity index (χ1) is 12.5. The first kappa shape index (κ1) is 22.9. The van der Waals surface area contributed by atoms with Crippen LogP contribution >= 0.6 is 0 Å². The van der Waals surface area contributed by atoms with E-state index in [0.717, 1.165) is 12.5 Å². The van der Waals surface area contributed by atoms with Crippen LogP contribution in [0.2, 0.25) is 0 Å². The molecule has 0 aliphatic carbocycles. The molecular formula is C17H27N3O6S. The van der Waals surface area contributed by atoms with Gasteiger partial charge in [0.15, 0.2) is 0 Å². The van der Waals surface area contributed by atoms with Crippen molar-refractivity contribution in [1.29, 1.82) is 0 Å². The Hall–Kier alpha value is -2.17. The number of sulfonamides is 1. The molecule has 1 aliphatic heterocycles. The Morgan fingerprint density at radius 3 is 2.33 bits per heavy atom. The van der Waals surface area contributed by atoms with Crippen LogP contribution in [-0.4, -0.2) is 68.8 Å². The van der Waals surface area contributed by atoms with Crippen molar-refractivity contribution in [2.45, 2.75) is 19.4 Å². The Labute approximate surface area is 159 Å². The fourth-order valence-corrected chi connectivity index (χ4v) is 3.59. The van der Waals surface area contributed by atoms with Gasteiger partial charge in [-0.25, -0.2) is 12.7 Å². The summed E-state index contributed by atoms with van der Waals surface area (Å²) in [7, 11) is -0.326. The molecule has 0 unspecified atom stereocenters. The molecule has 1 fully saturated rings. The van der Waals surface area contributed by atoms with Crippen LogP contribution in [0.3, 0.4) is 0 Å². The number of nitrogens with two attached hydrogens (primary N) is 1. The van der Waals surface area contributed by atoms with Crippen molar-refractivity contribution in [2.75, 3.05) is 38.8 Å². The number of benzene rings is 1. The molecular weight excluding hydrogens is 374 g/mol. The summed E-state index contributed by atoms with van der Waals surface area (Å²) in [6.07, 6.45) is 0.226. The highest BCUT2D eigenvalue weighted by molar-refractivity contribution is 7.89. The Kier molecular flexibility index (Phi) is 8.67. The summed E-state index contributed by atoms with van der Waals surface area (Å²) in [4.78, 5) is 21.1. The highest BCUT2D eigenvalue weighted by Crippen LogP contribution is 2.17. The summed E-state index contributed by atoms with van der Waals surface area (Å²) in [6, 6.07) is 6.80. The number of carbonyl (C=O) groups excluding carboxylic acids is 1. The van der Waals surface area contributed by atoms with E-state index in [1.165, 1.54) is 18.4 Å². The van der Waals surface area contributed by atoms with E-state index in [-0.39, 0.29) is 30.0 Å². The number of nitrogens with one attached hydrogen (secondary N) is 1. The number of rotatable bonds is 6. The summed E-state index contributed by atoms with van der Waals surface area (Å²) in [5, 5.41) is 10.3. The Balaban J connectivity index is 0.000000828. The second kappa shape index (κ2) is 10.2. The molecule has 2 atom stereocenters. The highest BCUT2D eigenvalue weighted by Gasteiger charge is 2.34.